The zero-order valence-corrected chi connectivity index (χ0v) is 12.3. The van der Waals surface area contributed by atoms with Crippen LogP contribution in [0.15, 0.2) is 17.5 Å². The molecule has 3 heterocycles. The van der Waals surface area contributed by atoms with Crippen LogP contribution in [0.5, 0.6) is 0 Å². The molecule has 0 unspecified atom stereocenters. The Balaban J connectivity index is 1.52. The Bertz CT molecular complexity index is 632. The van der Waals surface area contributed by atoms with Gasteiger partial charge in [-0.1, -0.05) is 17.4 Å². The number of anilines is 1. The van der Waals surface area contributed by atoms with Gasteiger partial charge in [-0.05, 0) is 18.4 Å². The lowest BCUT2D eigenvalue weighted by atomic mass is 9.99. The summed E-state index contributed by atoms with van der Waals surface area (Å²) in [6.07, 6.45) is 0. The number of hydrogen-bond donors (Lipinski definition) is 1. The van der Waals surface area contributed by atoms with Gasteiger partial charge in [0.25, 0.3) is 5.91 Å². The monoisotopic (exact) mass is 308 g/mol. The van der Waals surface area contributed by atoms with E-state index in [0.29, 0.717) is 23.1 Å². The smallest absolute Gasteiger partial charge is 0.263 e. The summed E-state index contributed by atoms with van der Waals surface area (Å²) < 4.78 is 0. The zero-order chi connectivity index (χ0) is 14.1. The average molecular weight is 308 g/mol. The molecule has 104 valence electrons. The van der Waals surface area contributed by atoms with Crippen LogP contribution in [-0.2, 0) is 4.79 Å². The van der Waals surface area contributed by atoms with Crippen molar-refractivity contribution in [2.75, 3.05) is 18.4 Å². The quantitative estimate of drug-likeness (QED) is 0.935. The molecule has 0 saturated carbocycles. The minimum atomic E-state index is -0.164. The number of rotatable bonds is 3. The van der Waals surface area contributed by atoms with Gasteiger partial charge < -0.3 is 10.2 Å². The summed E-state index contributed by atoms with van der Waals surface area (Å²) in [5.41, 5.74) is 0. The van der Waals surface area contributed by atoms with E-state index in [0.717, 1.165) is 5.01 Å². The minimum absolute atomic E-state index is 0.00388. The molecule has 1 fully saturated rings. The molecule has 2 aromatic rings. The largest absolute Gasteiger partial charge is 0.336 e. The van der Waals surface area contributed by atoms with E-state index in [1.54, 1.807) is 11.0 Å². The Labute approximate surface area is 123 Å². The lowest BCUT2D eigenvalue weighted by Crippen LogP contribution is -2.54. The SMILES string of the molecule is Cc1nnc(NC(=O)C2CN(C(=O)c3cccs3)C2)s1. The van der Waals surface area contributed by atoms with Crippen molar-refractivity contribution < 1.29 is 9.59 Å². The van der Waals surface area contributed by atoms with Crippen LogP contribution in [0.4, 0.5) is 5.13 Å². The average Bonchev–Trinajstić information content (AvgIpc) is 2.98. The summed E-state index contributed by atoms with van der Waals surface area (Å²) in [5, 5.41) is 13.6. The lowest BCUT2D eigenvalue weighted by Gasteiger charge is -2.37. The summed E-state index contributed by atoms with van der Waals surface area (Å²) in [6, 6.07) is 3.64. The second kappa shape index (κ2) is 5.29. The number of carbonyl (C=O) groups excluding carboxylic acids is 2. The minimum Gasteiger partial charge on any atom is -0.336 e. The third-order valence-corrected chi connectivity index (χ3v) is 4.64. The first-order valence-electron chi connectivity index (χ1n) is 6.07. The Morgan fingerprint density at radius 2 is 2.20 bits per heavy atom. The second-order valence-electron chi connectivity index (χ2n) is 4.50. The van der Waals surface area contributed by atoms with Crippen LogP contribution in [-0.4, -0.2) is 40.0 Å². The van der Waals surface area contributed by atoms with Crippen molar-refractivity contribution in [2.24, 2.45) is 5.92 Å². The Morgan fingerprint density at radius 3 is 2.80 bits per heavy atom. The third-order valence-electron chi connectivity index (χ3n) is 3.03. The van der Waals surface area contributed by atoms with E-state index < -0.39 is 0 Å². The number of aromatic nitrogens is 2. The molecule has 0 atom stereocenters. The van der Waals surface area contributed by atoms with E-state index in [-0.39, 0.29) is 17.7 Å². The fraction of sp³-hybridized carbons (Fsp3) is 0.333. The van der Waals surface area contributed by atoms with Crippen LogP contribution in [0.1, 0.15) is 14.7 Å². The molecule has 1 aliphatic rings. The van der Waals surface area contributed by atoms with Gasteiger partial charge in [0, 0.05) is 13.1 Å². The van der Waals surface area contributed by atoms with Crippen molar-refractivity contribution in [3.8, 4) is 0 Å². The number of aryl methyl sites for hydroxylation is 1. The van der Waals surface area contributed by atoms with E-state index >= 15 is 0 Å². The summed E-state index contributed by atoms with van der Waals surface area (Å²) in [4.78, 5) is 26.3. The highest BCUT2D eigenvalue weighted by molar-refractivity contribution is 7.15. The van der Waals surface area contributed by atoms with E-state index in [1.165, 1.54) is 22.7 Å². The fourth-order valence-corrected chi connectivity index (χ4v) is 3.21. The molecular formula is C12H12N4O2S2. The highest BCUT2D eigenvalue weighted by Crippen LogP contribution is 2.23. The van der Waals surface area contributed by atoms with E-state index in [4.69, 9.17) is 0 Å². The molecule has 0 aliphatic carbocycles. The highest BCUT2D eigenvalue weighted by atomic mass is 32.1. The van der Waals surface area contributed by atoms with E-state index in [1.807, 2.05) is 18.4 Å². The predicted molar refractivity (Wildman–Crippen MR) is 77.0 cm³/mol. The van der Waals surface area contributed by atoms with Crippen molar-refractivity contribution >= 4 is 39.6 Å². The molecule has 0 radical (unpaired) electrons. The maximum absolute atomic E-state index is 12.0. The van der Waals surface area contributed by atoms with Crippen LogP contribution >= 0.6 is 22.7 Å². The van der Waals surface area contributed by atoms with Crippen molar-refractivity contribution in [3.63, 3.8) is 0 Å². The van der Waals surface area contributed by atoms with Crippen LogP contribution in [0.3, 0.4) is 0 Å². The molecule has 8 heteroatoms. The normalized spacial score (nSPS) is 14.9. The number of carbonyl (C=O) groups is 2. The predicted octanol–water partition coefficient (Wildman–Crippen LogP) is 1.62. The van der Waals surface area contributed by atoms with Gasteiger partial charge >= 0.3 is 0 Å². The van der Waals surface area contributed by atoms with Gasteiger partial charge in [-0.2, -0.15) is 0 Å². The maximum Gasteiger partial charge on any atom is 0.263 e. The highest BCUT2D eigenvalue weighted by Gasteiger charge is 2.36. The molecule has 2 aromatic heterocycles. The first kappa shape index (κ1) is 13.2. The molecule has 2 amide bonds. The number of thiophene rings is 1. The molecule has 1 aliphatic heterocycles. The zero-order valence-electron chi connectivity index (χ0n) is 10.7. The molecule has 1 N–H and O–H groups in total. The topological polar surface area (TPSA) is 75.2 Å². The Hall–Kier alpha value is -1.80. The van der Waals surface area contributed by atoms with Crippen molar-refractivity contribution in [1.29, 1.82) is 0 Å². The number of hydrogen-bond acceptors (Lipinski definition) is 6. The Kier molecular flexibility index (Phi) is 3.49. The lowest BCUT2D eigenvalue weighted by molar-refractivity contribution is -0.123. The van der Waals surface area contributed by atoms with Gasteiger partial charge in [-0.3, -0.25) is 9.59 Å². The van der Waals surface area contributed by atoms with Gasteiger partial charge in [0.15, 0.2) is 0 Å². The molecule has 0 bridgehead atoms. The first-order chi connectivity index (χ1) is 9.63. The summed E-state index contributed by atoms with van der Waals surface area (Å²) >= 11 is 2.76. The van der Waals surface area contributed by atoms with Crippen molar-refractivity contribution in [1.82, 2.24) is 15.1 Å². The van der Waals surface area contributed by atoms with Gasteiger partial charge in [0.1, 0.15) is 5.01 Å². The van der Waals surface area contributed by atoms with Crippen LogP contribution in [0, 0.1) is 12.8 Å². The molecular weight excluding hydrogens is 296 g/mol. The number of nitrogens with one attached hydrogen (secondary N) is 1. The first-order valence-corrected chi connectivity index (χ1v) is 7.77. The van der Waals surface area contributed by atoms with Gasteiger partial charge in [-0.25, -0.2) is 0 Å². The number of amides is 2. The van der Waals surface area contributed by atoms with Gasteiger partial charge in [0.2, 0.25) is 11.0 Å². The maximum atomic E-state index is 12.0. The molecule has 6 nitrogen and oxygen atoms in total. The molecule has 0 spiro atoms. The van der Waals surface area contributed by atoms with Gasteiger partial charge in [0.05, 0.1) is 10.8 Å². The molecule has 0 aromatic carbocycles. The summed E-state index contributed by atoms with van der Waals surface area (Å²) in [6.45, 7) is 2.75. The second-order valence-corrected chi connectivity index (χ2v) is 6.63. The number of nitrogens with zero attached hydrogens (tertiary/aromatic N) is 3. The van der Waals surface area contributed by atoms with E-state index in [9.17, 15) is 9.59 Å². The molecule has 1 saturated heterocycles. The fourth-order valence-electron chi connectivity index (χ4n) is 1.92. The Morgan fingerprint density at radius 1 is 1.40 bits per heavy atom. The molecule has 20 heavy (non-hydrogen) atoms. The third kappa shape index (κ3) is 2.56. The molecule has 3 rings (SSSR count). The van der Waals surface area contributed by atoms with Crippen LogP contribution < -0.4 is 5.32 Å². The van der Waals surface area contributed by atoms with Crippen LogP contribution in [0.2, 0.25) is 0 Å². The van der Waals surface area contributed by atoms with Crippen molar-refractivity contribution in [2.45, 2.75) is 6.92 Å². The van der Waals surface area contributed by atoms with Gasteiger partial charge in [-0.15, -0.1) is 21.5 Å². The standard InChI is InChI=1S/C12H12N4O2S2/c1-7-14-15-12(20-7)13-10(17)8-5-16(6-8)11(18)9-3-2-4-19-9/h2-4,8H,5-6H2,1H3,(H,13,15,17). The van der Waals surface area contributed by atoms with Crippen LogP contribution in [0.25, 0.3) is 0 Å². The summed E-state index contributed by atoms with van der Waals surface area (Å²) in [5.74, 6) is -0.268. The number of likely N-dealkylation sites (tertiary alicyclic amines) is 1. The van der Waals surface area contributed by atoms with Crippen molar-refractivity contribution in [3.05, 3.63) is 27.4 Å². The summed E-state index contributed by atoms with van der Waals surface area (Å²) in [7, 11) is 0. The van der Waals surface area contributed by atoms with E-state index in [2.05, 4.69) is 15.5 Å².